The fourth-order valence-corrected chi connectivity index (χ4v) is 2.26. The van der Waals surface area contributed by atoms with Gasteiger partial charge in [0.25, 0.3) is 0 Å². The van der Waals surface area contributed by atoms with Crippen molar-refractivity contribution in [2.45, 2.75) is 46.7 Å². The number of hydrogen-bond donors (Lipinski definition) is 1. The summed E-state index contributed by atoms with van der Waals surface area (Å²) in [6.45, 7) is 8.67. The number of nitrogens with zero attached hydrogens (tertiary/aromatic N) is 1. The Morgan fingerprint density at radius 3 is 2.06 bits per heavy atom. The first-order valence-corrected chi connectivity index (χ1v) is 6.56. The van der Waals surface area contributed by atoms with Crippen molar-refractivity contribution in [3.63, 3.8) is 0 Å². The fourth-order valence-electron chi connectivity index (χ4n) is 2.26. The zero-order valence-electron chi connectivity index (χ0n) is 12.0. The van der Waals surface area contributed by atoms with Crippen molar-refractivity contribution in [1.29, 1.82) is 0 Å². The normalized spacial score (nSPS) is 15.2. The molecule has 0 saturated heterocycles. The van der Waals surface area contributed by atoms with E-state index in [0.29, 0.717) is 19.6 Å². The Hall–Kier alpha value is -0.290. The van der Waals surface area contributed by atoms with Gasteiger partial charge in [-0.2, -0.15) is 13.2 Å². The van der Waals surface area contributed by atoms with Gasteiger partial charge in [0.2, 0.25) is 0 Å². The first kappa shape index (κ1) is 17.7. The van der Waals surface area contributed by atoms with Gasteiger partial charge in [-0.25, -0.2) is 0 Å². The third-order valence-corrected chi connectivity index (χ3v) is 2.69. The largest absolute Gasteiger partial charge is 0.401 e. The molecule has 110 valence electrons. The lowest BCUT2D eigenvalue weighted by Crippen LogP contribution is -2.40. The molecule has 0 rings (SSSR count). The highest BCUT2D eigenvalue weighted by Gasteiger charge is 2.31. The van der Waals surface area contributed by atoms with E-state index in [1.165, 1.54) is 4.90 Å². The Bertz CT molecular complexity index is 221. The predicted octanol–water partition coefficient (Wildman–Crippen LogP) is 3.27. The van der Waals surface area contributed by atoms with Crippen LogP contribution in [0.25, 0.3) is 0 Å². The lowest BCUT2D eigenvalue weighted by molar-refractivity contribution is -0.147. The van der Waals surface area contributed by atoms with Crippen LogP contribution >= 0.6 is 0 Å². The molecule has 0 radical (unpaired) electrons. The lowest BCUT2D eigenvalue weighted by atomic mass is 9.84. The van der Waals surface area contributed by atoms with E-state index in [0.717, 1.165) is 12.8 Å². The van der Waals surface area contributed by atoms with E-state index in [1.807, 2.05) is 6.92 Å². The van der Waals surface area contributed by atoms with Crippen LogP contribution in [0.15, 0.2) is 0 Å². The van der Waals surface area contributed by atoms with Crippen LogP contribution in [-0.4, -0.2) is 37.3 Å². The van der Waals surface area contributed by atoms with Crippen LogP contribution in [0.2, 0.25) is 0 Å². The average molecular weight is 268 g/mol. The molecular weight excluding hydrogens is 241 g/mol. The Kier molecular flexibility index (Phi) is 7.22. The van der Waals surface area contributed by atoms with Gasteiger partial charge in [0.1, 0.15) is 0 Å². The summed E-state index contributed by atoms with van der Waals surface area (Å²) in [5, 5.41) is 0. The minimum Gasteiger partial charge on any atom is -0.330 e. The number of hydrogen-bond acceptors (Lipinski definition) is 2. The molecule has 0 bridgehead atoms. The second-order valence-corrected chi connectivity index (χ2v) is 6.22. The van der Waals surface area contributed by atoms with Gasteiger partial charge in [0.15, 0.2) is 0 Å². The summed E-state index contributed by atoms with van der Waals surface area (Å²) in [4.78, 5) is 1.48. The molecule has 1 unspecified atom stereocenters. The molecule has 2 nitrogen and oxygen atoms in total. The predicted molar refractivity (Wildman–Crippen MR) is 69.4 cm³/mol. The van der Waals surface area contributed by atoms with Crippen molar-refractivity contribution in [3.8, 4) is 0 Å². The van der Waals surface area contributed by atoms with Crippen molar-refractivity contribution in [1.82, 2.24) is 4.90 Å². The van der Waals surface area contributed by atoms with E-state index in [-0.39, 0.29) is 11.3 Å². The summed E-state index contributed by atoms with van der Waals surface area (Å²) in [7, 11) is 0. The smallest absolute Gasteiger partial charge is 0.330 e. The number of alkyl halides is 3. The van der Waals surface area contributed by atoms with Crippen LogP contribution in [-0.2, 0) is 0 Å². The third-order valence-electron chi connectivity index (χ3n) is 2.69. The summed E-state index contributed by atoms with van der Waals surface area (Å²) in [5.74, 6) is 0.124. The monoisotopic (exact) mass is 268 g/mol. The van der Waals surface area contributed by atoms with Gasteiger partial charge in [-0.05, 0) is 37.3 Å². The maximum absolute atomic E-state index is 12.4. The van der Waals surface area contributed by atoms with Gasteiger partial charge in [-0.1, -0.05) is 27.7 Å². The first-order valence-electron chi connectivity index (χ1n) is 6.56. The van der Waals surface area contributed by atoms with Crippen molar-refractivity contribution < 1.29 is 13.2 Å². The minimum atomic E-state index is -4.13. The van der Waals surface area contributed by atoms with Gasteiger partial charge in [-0.15, -0.1) is 0 Å². The van der Waals surface area contributed by atoms with Gasteiger partial charge < -0.3 is 5.73 Å². The number of nitrogens with two attached hydrogens (primary N) is 1. The highest BCUT2D eigenvalue weighted by Crippen LogP contribution is 2.25. The zero-order valence-corrected chi connectivity index (χ0v) is 12.0. The fraction of sp³-hybridized carbons (Fsp3) is 1.00. The second kappa shape index (κ2) is 7.34. The van der Waals surface area contributed by atoms with Gasteiger partial charge in [-0.3, -0.25) is 4.90 Å². The van der Waals surface area contributed by atoms with E-state index >= 15 is 0 Å². The van der Waals surface area contributed by atoms with Crippen LogP contribution < -0.4 is 5.73 Å². The van der Waals surface area contributed by atoms with Gasteiger partial charge >= 0.3 is 6.18 Å². The molecule has 2 N–H and O–H groups in total. The van der Waals surface area contributed by atoms with Gasteiger partial charge in [0.05, 0.1) is 6.54 Å². The molecule has 0 aliphatic carbocycles. The molecule has 5 heteroatoms. The zero-order chi connectivity index (χ0) is 14.4. The Labute approximate surface area is 109 Å². The molecular formula is C13H27F3N2. The third kappa shape index (κ3) is 9.71. The standard InChI is InChI=1S/C13H27F3N2/c1-5-6-18(10-13(14,15)16)9-11(8-17)7-12(2,3)4/h11H,5-10,17H2,1-4H3. The molecule has 0 aromatic heterocycles. The maximum atomic E-state index is 12.4. The van der Waals surface area contributed by atoms with E-state index in [4.69, 9.17) is 5.73 Å². The highest BCUT2D eigenvalue weighted by atomic mass is 19.4. The molecule has 18 heavy (non-hydrogen) atoms. The summed E-state index contributed by atoms with van der Waals surface area (Å²) < 4.78 is 37.3. The summed E-state index contributed by atoms with van der Waals surface area (Å²) in [6.07, 6.45) is -2.56. The molecule has 0 aromatic carbocycles. The topological polar surface area (TPSA) is 29.3 Å². The quantitative estimate of drug-likeness (QED) is 0.768. The molecule has 0 aliphatic heterocycles. The Morgan fingerprint density at radius 2 is 1.72 bits per heavy atom. The highest BCUT2D eigenvalue weighted by molar-refractivity contribution is 4.74. The molecule has 0 heterocycles. The molecule has 0 fully saturated rings. The lowest BCUT2D eigenvalue weighted by Gasteiger charge is -2.31. The molecule has 0 amide bonds. The van der Waals surface area contributed by atoms with Gasteiger partial charge in [0, 0.05) is 6.54 Å². The molecule has 0 aliphatic rings. The molecule has 1 atom stereocenters. The van der Waals surface area contributed by atoms with E-state index < -0.39 is 12.7 Å². The maximum Gasteiger partial charge on any atom is 0.401 e. The second-order valence-electron chi connectivity index (χ2n) is 6.22. The van der Waals surface area contributed by atoms with Crippen LogP contribution in [0.4, 0.5) is 13.2 Å². The summed E-state index contributed by atoms with van der Waals surface area (Å²) >= 11 is 0. The van der Waals surface area contributed by atoms with E-state index in [2.05, 4.69) is 20.8 Å². The SMILES string of the molecule is CCCN(CC(CN)CC(C)(C)C)CC(F)(F)F. The summed E-state index contributed by atoms with van der Waals surface area (Å²) in [6, 6.07) is 0. The number of rotatable bonds is 7. The van der Waals surface area contributed by atoms with Crippen molar-refractivity contribution in [2.75, 3.05) is 26.2 Å². The van der Waals surface area contributed by atoms with E-state index in [9.17, 15) is 13.2 Å². The van der Waals surface area contributed by atoms with Crippen LogP contribution in [0.3, 0.4) is 0 Å². The molecule has 0 saturated carbocycles. The molecule has 0 spiro atoms. The van der Waals surface area contributed by atoms with Crippen molar-refractivity contribution in [3.05, 3.63) is 0 Å². The van der Waals surface area contributed by atoms with Crippen LogP contribution in [0, 0.1) is 11.3 Å². The molecule has 0 aromatic rings. The van der Waals surface area contributed by atoms with Crippen LogP contribution in [0.1, 0.15) is 40.5 Å². The summed E-state index contributed by atoms with van der Waals surface area (Å²) in [5.41, 5.74) is 5.78. The van der Waals surface area contributed by atoms with Crippen molar-refractivity contribution in [2.24, 2.45) is 17.1 Å². The van der Waals surface area contributed by atoms with E-state index in [1.54, 1.807) is 0 Å². The number of halogens is 3. The van der Waals surface area contributed by atoms with Crippen LogP contribution in [0.5, 0.6) is 0 Å². The Balaban J connectivity index is 4.44. The Morgan fingerprint density at radius 1 is 1.17 bits per heavy atom. The van der Waals surface area contributed by atoms with Crippen molar-refractivity contribution >= 4 is 0 Å². The minimum absolute atomic E-state index is 0.0974. The first-order chi connectivity index (χ1) is 8.07. The average Bonchev–Trinajstić information content (AvgIpc) is 2.12.